The summed E-state index contributed by atoms with van der Waals surface area (Å²) in [5.41, 5.74) is 1.08. The highest BCUT2D eigenvalue weighted by Crippen LogP contribution is 2.32. The highest BCUT2D eigenvalue weighted by molar-refractivity contribution is 7.99. The van der Waals surface area contributed by atoms with Gasteiger partial charge in [0, 0.05) is 18.5 Å². The molecule has 1 aliphatic carbocycles. The van der Waals surface area contributed by atoms with E-state index in [2.05, 4.69) is 39.0 Å². The van der Waals surface area contributed by atoms with E-state index in [0.29, 0.717) is 0 Å². The van der Waals surface area contributed by atoms with Crippen LogP contribution in [-0.4, -0.2) is 31.8 Å². The van der Waals surface area contributed by atoms with Gasteiger partial charge in [0.05, 0.1) is 5.56 Å². The van der Waals surface area contributed by atoms with Crippen LogP contribution in [0, 0.1) is 5.92 Å². The minimum atomic E-state index is 0.847. The molecule has 1 fully saturated rings. The van der Waals surface area contributed by atoms with Crippen molar-refractivity contribution in [1.82, 2.24) is 19.7 Å². The lowest BCUT2D eigenvalue weighted by molar-refractivity contribution is 0.390. The molecule has 0 saturated heterocycles. The number of rotatable bonds is 6. The van der Waals surface area contributed by atoms with Crippen molar-refractivity contribution in [2.45, 2.75) is 55.8 Å². The summed E-state index contributed by atoms with van der Waals surface area (Å²) >= 11 is 3.53. The van der Waals surface area contributed by atoms with Crippen molar-refractivity contribution in [2.75, 3.05) is 12.0 Å². The monoisotopic (exact) mass is 348 g/mol. The smallest absolute Gasteiger partial charge is 0.191 e. The number of thioether (sulfide) groups is 2. The van der Waals surface area contributed by atoms with Crippen molar-refractivity contribution in [1.29, 1.82) is 0 Å². The summed E-state index contributed by atoms with van der Waals surface area (Å²) in [7, 11) is 0. The molecule has 2 heterocycles. The first kappa shape index (κ1) is 16.8. The maximum absolute atomic E-state index is 4.47. The minimum Gasteiger partial charge on any atom is -0.302 e. The standard InChI is InChI=1S/C17H24N4S2/c1-3-21-15(14-10-7-11-18-16(14)22-2)19-20-17(21)23-12-13-8-5-4-6-9-13/h7,10-11,13H,3-6,8-9,12H2,1-2H3. The highest BCUT2D eigenvalue weighted by Gasteiger charge is 2.19. The van der Waals surface area contributed by atoms with E-state index in [-0.39, 0.29) is 0 Å². The summed E-state index contributed by atoms with van der Waals surface area (Å²) in [5.74, 6) is 2.95. The lowest BCUT2D eigenvalue weighted by Crippen LogP contribution is -2.09. The van der Waals surface area contributed by atoms with Crippen LogP contribution >= 0.6 is 23.5 Å². The molecule has 0 amide bonds. The van der Waals surface area contributed by atoms with Crippen LogP contribution < -0.4 is 0 Å². The molecule has 0 unspecified atom stereocenters. The summed E-state index contributed by atoms with van der Waals surface area (Å²) in [6.07, 6.45) is 10.8. The number of pyridine rings is 1. The summed E-state index contributed by atoms with van der Waals surface area (Å²) in [6.45, 7) is 3.05. The molecule has 0 spiro atoms. The third kappa shape index (κ3) is 3.91. The Kier molecular flexibility index (Phi) is 6.00. The zero-order chi connectivity index (χ0) is 16.1. The molecule has 124 valence electrons. The van der Waals surface area contributed by atoms with E-state index < -0.39 is 0 Å². The largest absolute Gasteiger partial charge is 0.302 e. The third-order valence-electron chi connectivity index (χ3n) is 4.41. The van der Waals surface area contributed by atoms with Gasteiger partial charge in [-0.2, -0.15) is 0 Å². The summed E-state index contributed by atoms with van der Waals surface area (Å²) in [6, 6.07) is 4.06. The first-order valence-corrected chi connectivity index (χ1v) is 10.6. The first-order valence-electron chi connectivity index (χ1n) is 8.38. The van der Waals surface area contributed by atoms with Gasteiger partial charge < -0.3 is 4.57 Å². The molecule has 2 aromatic heterocycles. The van der Waals surface area contributed by atoms with Gasteiger partial charge in [0.15, 0.2) is 11.0 Å². The Labute approximate surface area is 146 Å². The Morgan fingerprint density at radius 3 is 2.78 bits per heavy atom. The predicted octanol–water partition coefficient (Wildman–Crippen LogP) is 4.75. The predicted molar refractivity (Wildman–Crippen MR) is 98.0 cm³/mol. The second-order valence-corrected chi connectivity index (χ2v) is 7.71. The second kappa shape index (κ2) is 8.20. The van der Waals surface area contributed by atoms with E-state index in [1.54, 1.807) is 11.8 Å². The molecule has 0 bridgehead atoms. The lowest BCUT2D eigenvalue weighted by Gasteiger charge is -2.20. The molecule has 1 aliphatic rings. The van der Waals surface area contributed by atoms with Gasteiger partial charge in [-0.1, -0.05) is 31.0 Å². The van der Waals surface area contributed by atoms with Crippen molar-refractivity contribution in [2.24, 2.45) is 5.92 Å². The summed E-state index contributed by atoms with van der Waals surface area (Å²) < 4.78 is 2.23. The Hall–Kier alpha value is -1.01. The van der Waals surface area contributed by atoms with Crippen LogP contribution in [0.4, 0.5) is 0 Å². The Balaban J connectivity index is 1.79. The summed E-state index contributed by atoms with van der Waals surface area (Å²) in [4.78, 5) is 4.45. The van der Waals surface area contributed by atoms with Crippen molar-refractivity contribution >= 4 is 23.5 Å². The molecular weight excluding hydrogens is 324 g/mol. The fraction of sp³-hybridized carbons (Fsp3) is 0.588. The SMILES string of the molecule is CCn1c(SCC2CCCCC2)nnc1-c1cccnc1SC. The van der Waals surface area contributed by atoms with Gasteiger partial charge in [-0.25, -0.2) is 4.98 Å². The molecule has 0 radical (unpaired) electrons. The molecule has 0 atom stereocenters. The van der Waals surface area contributed by atoms with Crippen LogP contribution in [0.1, 0.15) is 39.0 Å². The van der Waals surface area contributed by atoms with E-state index in [1.165, 1.54) is 37.9 Å². The fourth-order valence-corrected chi connectivity index (χ4v) is 4.88. The molecule has 3 rings (SSSR count). The van der Waals surface area contributed by atoms with Crippen molar-refractivity contribution in [3.63, 3.8) is 0 Å². The molecule has 0 N–H and O–H groups in total. The molecule has 0 aromatic carbocycles. The van der Waals surface area contributed by atoms with Crippen LogP contribution in [0.25, 0.3) is 11.4 Å². The van der Waals surface area contributed by atoms with Gasteiger partial charge in [0.25, 0.3) is 0 Å². The quantitative estimate of drug-likeness (QED) is 0.705. The molecule has 6 heteroatoms. The average molecular weight is 349 g/mol. The van der Waals surface area contributed by atoms with Crippen LogP contribution in [0.5, 0.6) is 0 Å². The van der Waals surface area contributed by atoms with Gasteiger partial charge >= 0.3 is 0 Å². The van der Waals surface area contributed by atoms with E-state index in [4.69, 9.17) is 0 Å². The number of aromatic nitrogens is 4. The average Bonchev–Trinajstić information content (AvgIpc) is 3.03. The lowest BCUT2D eigenvalue weighted by atomic mass is 9.91. The van der Waals surface area contributed by atoms with Gasteiger partial charge in [0.2, 0.25) is 0 Å². The van der Waals surface area contributed by atoms with Crippen molar-refractivity contribution < 1.29 is 0 Å². The number of hydrogen-bond donors (Lipinski definition) is 0. The van der Waals surface area contributed by atoms with Crippen LogP contribution in [0.2, 0.25) is 0 Å². The van der Waals surface area contributed by atoms with Gasteiger partial charge in [-0.3, -0.25) is 0 Å². The van der Waals surface area contributed by atoms with Gasteiger partial charge in [-0.15, -0.1) is 22.0 Å². The second-order valence-electron chi connectivity index (χ2n) is 5.93. The maximum Gasteiger partial charge on any atom is 0.191 e. The molecule has 0 aliphatic heterocycles. The van der Waals surface area contributed by atoms with Crippen LogP contribution in [-0.2, 0) is 6.54 Å². The van der Waals surface area contributed by atoms with Crippen LogP contribution in [0.3, 0.4) is 0 Å². The number of hydrogen-bond acceptors (Lipinski definition) is 5. The van der Waals surface area contributed by atoms with E-state index in [1.807, 2.05) is 24.0 Å². The first-order chi connectivity index (χ1) is 11.3. The van der Waals surface area contributed by atoms with Crippen molar-refractivity contribution in [3.8, 4) is 11.4 Å². The topological polar surface area (TPSA) is 43.6 Å². The molecule has 2 aromatic rings. The highest BCUT2D eigenvalue weighted by atomic mass is 32.2. The summed E-state index contributed by atoms with van der Waals surface area (Å²) in [5, 5.41) is 11.0. The van der Waals surface area contributed by atoms with E-state index in [0.717, 1.165) is 34.0 Å². The van der Waals surface area contributed by atoms with E-state index in [9.17, 15) is 0 Å². The third-order valence-corrected chi connectivity index (χ3v) is 6.32. The fourth-order valence-electron chi connectivity index (χ4n) is 3.15. The Morgan fingerprint density at radius 1 is 1.22 bits per heavy atom. The van der Waals surface area contributed by atoms with Crippen molar-refractivity contribution in [3.05, 3.63) is 18.3 Å². The molecule has 4 nitrogen and oxygen atoms in total. The van der Waals surface area contributed by atoms with Gasteiger partial charge in [0.1, 0.15) is 5.03 Å². The van der Waals surface area contributed by atoms with E-state index >= 15 is 0 Å². The minimum absolute atomic E-state index is 0.847. The Bertz CT molecular complexity index is 635. The molecule has 23 heavy (non-hydrogen) atoms. The molecule has 1 saturated carbocycles. The number of nitrogens with zero attached hydrogens (tertiary/aromatic N) is 4. The normalized spacial score (nSPS) is 15.9. The van der Waals surface area contributed by atoms with Crippen LogP contribution in [0.15, 0.2) is 28.5 Å². The maximum atomic E-state index is 4.47. The zero-order valence-corrected chi connectivity index (χ0v) is 15.5. The molecular formula is C17H24N4S2. The Morgan fingerprint density at radius 2 is 2.04 bits per heavy atom. The zero-order valence-electron chi connectivity index (χ0n) is 13.9. The van der Waals surface area contributed by atoms with Gasteiger partial charge in [-0.05, 0) is 44.1 Å².